The molecule has 1 aromatic rings. The summed E-state index contributed by atoms with van der Waals surface area (Å²) in [6.45, 7) is 8.56. The first-order chi connectivity index (χ1) is 7.60. The Bertz CT molecular complexity index is 317. The summed E-state index contributed by atoms with van der Waals surface area (Å²) in [4.78, 5) is 5.46. The van der Waals surface area contributed by atoms with Gasteiger partial charge in [0, 0.05) is 6.61 Å². The summed E-state index contributed by atoms with van der Waals surface area (Å²) in [5.74, 6) is 0. The molecule has 0 aromatic carbocycles. The van der Waals surface area contributed by atoms with Gasteiger partial charge in [0.1, 0.15) is 11.1 Å². The minimum Gasteiger partial charge on any atom is -0.388 e. The van der Waals surface area contributed by atoms with Crippen molar-refractivity contribution in [3.05, 3.63) is 15.6 Å². The van der Waals surface area contributed by atoms with Crippen LogP contribution >= 0.6 is 11.3 Å². The van der Waals surface area contributed by atoms with Gasteiger partial charge in [0.2, 0.25) is 0 Å². The lowest BCUT2D eigenvalue weighted by atomic mass is 10.2. The SMILES string of the molecule is CCCC(OCC)c1nc(C)c(C(C)O)s1. The zero-order valence-electron chi connectivity index (χ0n) is 10.5. The first-order valence-corrected chi connectivity index (χ1v) is 6.68. The Morgan fingerprint density at radius 1 is 1.44 bits per heavy atom. The highest BCUT2D eigenvalue weighted by atomic mass is 32.1. The monoisotopic (exact) mass is 243 g/mol. The number of nitrogens with zero attached hydrogens (tertiary/aromatic N) is 1. The second-order valence-electron chi connectivity index (χ2n) is 3.91. The third-order valence-electron chi connectivity index (χ3n) is 2.42. The molecule has 0 amide bonds. The smallest absolute Gasteiger partial charge is 0.122 e. The molecule has 0 saturated heterocycles. The van der Waals surface area contributed by atoms with E-state index < -0.39 is 6.10 Å². The van der Waals surface area contributed by atoms with Crippen LogP contribution < -0.4 is 0 Å². The van der Waals surface area contributed by atoms with Crippen molar-refractivity contribution in [2.24, 2.45) is 0 Å². The quantitative estimate of drug-likeness (QED) is 0.832. The lowest BCUT2D eigenvalue weighted by molar-refractivity contribution is 0.0554. The van der Waals surface area contributed by atoms with Gasteiger partial charge < -0.3 is 9.84 Å². The summed E-state index contributed by atoms with van der Waals surface area (Å²) in [5, 5.41) is 10.6. The molecule has 1 heterocycles. The molecule has 92 valence electrons. The normalized spacial score (nSPS) is 15.1. The van der Waals surface area contributed by atoms with Gasteiger partial charge in [-0.25, -0.2) is 4.98 Å². The number of thiazole rings is 1. The molecule has 16 heavy (non-hydrogen) atoms. The van der Waals surface area contributed by atoms with Gasteiger partial charge in [-0.2, -0.15) is 0 Å². The Balaban J connectivity index is 2.87. The molecule has 0 aliphatic heterocycles. The fourth-order valence-corrected chi connectivity index (χ4v) is 2.79. The molecule has 0 spiro atoms. The second kappa shape index (κ2) is 6.33. The Hall–Kier alpha value is -0.450. The van der Waals surface area contributed by atoms with E-state index in [0.29, 0.717) is 6.61 Å². The minimum absolute atomic E-state index is 0.0891. The summed E-state index contributed by atoms with van der Waals surface area (Å²) in [6.07, 6.45) is 1.72. The van der Waals surface area contributed by atoms with Crippen LogP contribution in [-0.2, 0) is 4.74 Å². The zero-order valence-corrected chi connectivity index (χ0v) is 11.3. The first-order valence-electron chi connectivity index (χ1n) is 5.87. The van der Waals surface area contributed by atoms with Gasteiger partial charge in [0.15, 0.2) is 0 Å². The van der Waals surface area contributed by atoms with Crippen molar-refractivity contribution in [2.45, 2.75) is 52.7 Å². The Morgan fingerprint density at radius 3 is 2.56 bits per heavy atom. The largest absolute Gasteiger partial charge is 0.388 e. The van der Waals surface area contributed by atoms with Crippen molar-refractivity contribution in [1.82, 2.24) is 4.98 Å². The maximum Gasteiger partial charge on any atom is 0.122 e. The van der Waals surface area contributed by atoms with Crippen molar-refractivity contribution >= 4 is 11.3 Å². The van der Waals surface area contributed by atoms with Crippen LogP contribution in [0.4, 0.5) is 0 Å². The van der Waals surface area contributed by atoms with E-state index in [-0.39, 0.29) is 6.10 Å². The van der Waals surface area contributed by atoms with Gasteiger partial charge in [0.05, 0.1) is 16.7 Å². The molecule has 3 nitrogen and oxygen atoms in total. The van der Waals surface area contributed by atoms with E-state index in [1.54, 1.807) is 18.3 Å². The van der Waals surface area contributed by atoms with Gasteiger partial charge in [-0.1, -0.05) is 13.3 Å². The van der Waals surface area contributed by atoms with E-state index in [9.17, 15) is 5.11 Å². The van der Waals surface area contributed by atoms with E-state index in [4.69, 9.17) is 4.74 Å². The molecule has 1 aromatic heterocycles. The van der Waals surface area contributed by atoms with Crippen LogP contribution in [0.15, 0.2) is 0 Å². The van der Waals surface area contributed by atoms with Gasteiger partial charge in [-0.05, 0) is 27.2 Å². The third kappa shape index (κ3) is 3.27. The summed E-state index contributed by atoms with van der Waals surface area (Å²) >= 11 is 1.57. The Morgan fingerprint density at radius 2 is 2.12 bits per heavy atom. The lowest BCUT2D eigenvalue weighted by Crippen LogP contribution is -2.03. The number of aryl methyl sites for hydroxylation is 1. The van der Waals surface area contributed by atoms with E-state index in [1.165, 1.54) is 0 Å². The highest BCUT2D eigenvalue weighted by Crippen LogP contribution is 2.32. The molecule has 0 fully saturated rings. The molecule has 0 aliphatic rings. The summed E-state index contributed by atoms with van der Waals surface area (Å²) in [6, 6.07) is 0. The topological polar surface area (TPSA) is 42.4 Å². The number of ether oxygens (including phenoxy) is 1. The third-order valence-corrected chi connectivity index (χ3v) is 3.84. The Labute approximate surface area is 101 Å². The molecule has 2 unspecified atom stereocenters. The predicted molar refractivity (Wildman–Crippen MR) is 66.8 cm³/mol. The van der Waals surface area contributed by atoms with Gasteiger partial charge in [-0.15, -0.1) is 11.3 Å². The average Bonchev–Trinajstić information content (AvgIpc) is 2.60. The Kier molecular flexibility index (Phi) is 5.38. The fraction of sp³-hybridized carbons (Fsp3) is 0.750. The maximum atomic E-state index is 9.59. The molecule has 0 radical (unpaired) electrons. The number of rotatable bonds is 6. The standard InChI is InChI=1S/C12H21NO2S/c1-5-7-10(15-6-2)12-13-8(3)11(16-12)9(4)14/h9-10,14H,5-7H2,1-4H3. The van der Waals surface area contributed by atoms with E-state index >= 15 is 0 Å². The van der Waals surface area contributed by atoms with Crippen LogP contribution in [-0.4, -0.2) is 16.7 Å². The van der Waals surface area contributed by atoms with Crippen LogP contribution in [0.3, 0.4) is 0 Å². The van der Waals surface area contributed by atoms with E-state index in [2.05, 4.69) is 11.9 Å². The number of aromatic nitrogens is 1. The van der Waals surface area contributed by atoms with E-state index in [0.717, 1.165) is 28.4 Å². The number of aliphatic hydroxyl groups excluding tert-OH is 1. The lowest BCUT2D eigenvalue weighted by Gasteiger charge is -2.12. The molecule has 1 rings (SSSR count). The van der Waals surface area contributed by atoms with Crippen molar-refractivity contribution in [3.8, 4) is 0 Å². The molecule has 2 atom stereocenters. The predicted octanol–water partition coefficient (Wildman–Crippen LogP) is 3.38. The number of aliphatic hydroxyl groups is 1. The zero-order chi connectivity index (χ0) is 12.1. The highest BCUT2D eigenvalue weighted by molar-refractivity contribution is 7.11. The summed E-state index contributed by atoms with van der Waals surface area (Å²) in [5.41, 5.74) is 0.927. The van der Waals surface area contributed by atoms with E-state index in [1.807, 2.05) is 13.8 Å². The second-order valence-corrected chi connectivity index (χ2v) is 4.97. The van der Waals surface area contributed by atoms with Crippen LogP contribution in [0.25, 0.3) is 0 Å². The van der Waals surface area contributed by atoms with Gasteiger partial charge in [-0.3, -0.25) is 0 Å². The average molecular weight is 243 g/mol. The van der Waals surface area contributed by atoms with Crippen molar-refractivity contribution in [1.29, 1.82) is 0 Å². The molecule has 0 bridgehead atoms. The minimum atomic E-state index is -0.435. The molecule has 1 N–H and O–H groups in total. The first kappa shape index (κ1) is 13.6. The van der Waals surface area contributed by atoms with Crippen LogP contribution in [0.2, 0.25) is 0 Å². The van der Waals surface area contributed by atoms with Crippen LogP contribution in [0.1, 0.15) is 61.4 Å². The van der Waals surface area contributed by atoms with Gasteiger partial charge in [0.25, 0.3) is 0 Å². The van der Waals surface area contributed by atoms with Crippen molar-refractivity contribution in [2.75, 3.05) is 6.61 Å². The summed E-state index contributed by atoms with van der Waals surface area (Å²) < 4.78 is 5.68. The summed E-state index contributed by atoms with van der Waals surface area (Å²) in [7, 11) is 0. The number of hydrogen-bond donors (Lipinski definition) is 1. The molecular formula is C12H21NO2S. The van der Waals surface area contributed by atoms with Crippen molar-refractivity contribution < 1.29 is 9.84 Å². The number of hydrogen-bond acceptors (Lipinski definition) is 4. The van der Waals surface area contributed by atoms with Crippen LogP contribution in [0, 0.1) is 6.92 Å². The molecular weight excluding hydrogens is 222 g/mol. The van der Waals surface area contributed by atoms with Crippen molar-refractivity contribution in [3.63, 3.8) is 0 Å². The molecule has 0 saturated carbocycles. The van der Waals surface area contributed by atoms with Gasteiger partial charge >= 0.3 is 0 Å². The maximum absolute atomic E-state index is 9.59. The molecule has 4 heteroatoms. The highest BCUT2D eigenvalue weighted by Gasteiger charge is 2.19. The van der Waals surface area contributed by atoms with Crippen LogP contribution in [0.5, 0.6) is 0 Å². The molecule has 0 aliphatic carbocycles. The fourth-order valence-electron chi connectivity index (χ4n) is 1.70.